The first kappa shape index (κ1) is 23.5. The quantitative estimate of drug-likeness (QED) is 0.416. The van der Waals surface area contributed by atoms with Gasteiger partial charge in [0.15, 0.2) is 0 Å². The van der Waals surface area contributed by atoms with Crippen LogP contribution in [0.15, 0.2) is 30.3 Å². The zero-order chi connectivity index (χ0) is 23.7. The third-order valence-corrected chi connectivity index (χ3v) is 7.19. The van der Waals surface area contributed by atoms with E-state index < -0.39 is 24.6 Å². The van der Waals surface area contributed by atoms with Crippen molar-refractivity contribution in [1.82, 2.24) is 4.98 Å². The monoisotopic (exact) mass is 469 g/mol. The van der Waals surface area contributed by atoms with Crippen LogP contribution >= 0.6 is 11.3 Å². The maximum atomic E-state index is 13.7. The lowest BCUT2D eigenvalue weighted by Gasteiger charge is -2.17. The van der Waals surface area contributed by atoms with Crippen molar-refractivity contribution in [3.63, 3.8) is 0 Å². The second-order valence-corrected chi connectivity index (χ2v) is 9.98. The van der Waals surface area contributed by atoms with Crippen molar-refractivity contribution in [3.05, 3.63) is 57.9 Å². The summed E-state index contributed by atoms with van der Waals surface area (Å²) in [6.07, 6.45) is 3.90. The lowest BCUT2D eigenvalue weighted by atomic mass is 9.90. The second-order valence-electron chi connectivity index (χ2n) is 8.90. The van der Waals surface area contributed by atoms with Crippen molar-refractivity contribution in [2.75, 3.05) is 0 Å². The van der Waals surface area contributed by atoms with Gasteiger partial charge in [0.2, 0.25) is 0 Å². The summed E-state index contributed by atoms with van der Waals surface area (Å²) in [4.78, 5) is 18.2. The number of aliphatic hydroxyl groups excluding tert-OH is 2. The lowest BCUT2D eigenvalue weighted by molar-refractivity contribution is -0.139. The van der Waals surface area contributed by atoms with Crippen LogP contribution < -0.4 is 0 Å². The number of aliphatic carboxylic acids is 1. The molecule has 0 bridgehead atoms. The summed E-state index contributed by atoms with van der Waals surface area (Å²) in [5.41, 5.74) is 4.93. The Balaban J connectivity index is 1.86. The van der Waals surface area contributed by atoms with Crippen molar-refractivity contribution in [3.8, 4) is 11.1 Å². The van der Waals surface area contributed by atoms with Crippen LogP contribution in [0.5, 0.6) is 0 Å². The number of rotatable bonds is 8. The van der Waals surface area contributed by atoms with E-state index in [1.165, 1.54) is 22.6 Å². The number of carboxylic acid groups (broad SMARTS) is 1. The number of carbonyl (C=O) groups is 1. The van der Waals surface area contributed by atoms with E-state index >= 15 is 0 Å². The molecule has 0 fully saturated rings. The number of pyridine rings is 1. The Morgan fingerprint density at radius 1 is 1.21 bits per heavy atom. The summed E-state index contributed by atoms with van der Waals surface area (Å²) >= 11 is 1.73. The highest BCUT2D eigenvalue weighted by Crippen LogP contribution is 2.45. The minimum Gasteiger partial charge on any atom is -0.481 e. The zero-order valence-corrected chi connectivity index (χ0v) is 19.5. The molecule has 0 radical (unpaired) electrons. The van der Waals surface area contributed by atoms with Crippen LogP contribution in [0, 0.1) is 5.82 Å². The molecule has 0 aliphatic heterocycles. The molecule has 7 heteroatoms. The summed E-state index contributed by atoms with van der Waals surface area (Å²) in [6, 6.07) is 6.46. The SMILES string of the molecule is CC(C)c1nc2sc3c(c2c(-c2ccc(F)cc2)c1/C=C/[C@@H](O)C[C@@H](O)CC(=O)O)CCC3. The van der Waals surface area contributed by atoms with Crippen molar-refractivity contribution in [2.45, 2.75) is 64.1 Å². The zero-order valence-electron chi connectivity index (χ0n) is 18.7. The van der Waals surface area contributed by atoms with Gasteiger partial charge in [-0.3, -0.25) is 4.79 Å². The maximum Gasteiger partial charge on any atom is 0.305 e. The number of aliphatic hydroxyl groups is 2. The van der Waals surface area contributed by atoms with Gasteiger partial charge in [0.1, 0.15) is 10.6 Å². The van der Waals surface area contributed by atoms with E-state index in [1.807, 2.05) is 6.08 Å². The van der Waals surface area contributed by atoms with Crippen LogP contribution in [-0.2, 0) is 17.6 Å². The van der Waals surface area contributed by atoms with E-state index in [0.29, 0.717) is 0 Å². The molecule has 5 nitrogen and oxygen atoms in total. The summed E-state index contributed by atoms with van der Waals surface area (Å²) in [5.74, 6) is -1.30. The van der Waals surface area contributed by atoms with Gasteiger partial charge in [-0.05, 0) is 48.4 Å². The fourth-order valence-electron chi connectivity index (χ4n) is 4.53. The smallest absolute Gasteiger partial charge is 0.305 e. The number of aromatic nitrogens is 1. The molecule has 0 spiro atoms. The van der Waals surface area contributed by atoms with Gasteiger partial charge >= 0.3 is 5.97 Å². The fourth-order valence-corrected chi connectivity index (χ4v) is 5.81. The maximum absolute atomic E-state index is 13.7. The Hall–Kier alpha value is -2.61. The Labute approximate surface area is 196 Å². The molecule has 0 unspecified atom stereocenters. The van der Waals surface area contributed by atoms with Crippen molar-refractivity contribution in [1.29, 1.82) is 0 Å². The molecule has 3 N–H and O–H groups in total. The third-order valence-electron chi connectivity index (χ3n) is 6.01. The molecular formula is C26H28FNO4S. The average Bonchev–Trinajstić information content (AvgIpc) is 3.32. The molecule has 0 saturated heterocycles. The van der Waals surface area contributed by atoms with Gasteiger partial charge in [0.05, 0.1) is 24.3 Å². The summed E-state index contributed by atoms with van der Waals surface area (Å²) in [6.45, 7) is 4.13. The first-order chi connectivity index (χ1) is 15.7. The Bertz CT molecular complexity index is 1200. The molecule has 0 saturated carbocycles. The number of hydrogen-bond donors (Lipinski definition) is 3. The molecular weight excluding hydrogens is 441 g/mol. The molecule has 4 rings (SSSR count). The van der Waals surface area contributed by atoms with Crippen molar-refractivity contribution < 1.29 is 24.5 Å². The number of halogens is 1. The van der Waals surface area contributed by atoms with Gasteiger partial charge in [-0.25, -0.2) is 9.37 Å². The molecule has 2 atom stereocenters. The minimum atomic E-state index is -1.14. The Kier molecular flexibility index (Phi) is 6.93. The number of aryl methyl sites for hydroxylation is 2. The number of fused-ring (bicyclic) bond motifs is 3. The van der Waals surface area contributed by atoms with Gasteiger partial charge in [-0.15, -0.1) is 11.3 Å². The second kappa shape index (κ2) is 9.71. The first-order valence-electron chi connectivity index (χ1n) is 11.2. The molecule has 33 heavy (non-hydrogen) atoms. The minimum absolute atomic E-state index is 0.0742. The summed E-state index contributed by atoms with van der Waals surface area (Å²) < 4.78 is 13.7. The van der Waals surface area contributed by atoms with E-state index in [9.17, 15) is 19.4 Å². The van der Waals surface area contributed by atoms with Crippen LogP contribution in [0.4, 0.5) is 4.39 Å². The molecule has 1 aliphatic carbocycles. The Morgan fingerprint density at radius 2 is 1.94 bits per heavy atom. The highest BCUT2D eigenvalue weighted by Gasteiger charge is 2.25. The molecule has 2 heterocycles. The number of hydrogen-bond acceptors (Lipinski definition) is 5. The molecule has 0 amide bonds. The molecule has 2 aromatic heterocycles. The largest absolute Gasteiger partial charge is 0.481 e. The highest BCUT2D eigenvalue weighted by atomic mass is 32.1. The van der Waals surface area contributed by atoms with Gasteiger partial charge in [0, 0.05) is 27.8 Å². The normalized spacial score (nSPS) is 15.5. The number of thiophene rings is 1. The predicted molar refractivity (Wildman–Crippen MR) is 129 cm³/mol. The number of benzene rings is 1. The van der Waals surface area contributed by atoms with E-state index in [-0.39, 0.29) is 18.2 Å². The summed E-state index contributed by atoms with van der Waals surface area (Å²) in [5, 5.41) is 30.3. The standard InChI is InChI=1S/C26H28FNO4S/c1-14(2)25-20(11-10-17(29)12-18(30)13-22(31)32)23(15-6-8-16(27)9-7-15)24-19-4-3-5-21(19)33-26(24)28-25/h6-11,14,17-18,29-30H,3-5,12-13H2,1-2H3,(H,31,32)/b11-10+/t17-,18-/m1/s1. The van der Waals surface area contributed by atoms with E-state index in [4.69, 9.17) is 10.1 Å². The Morgan fingerprint density at radius 3 is 2.61 bits per heavy atom. The van der Waals surface area contributed by atoms with Crippen LogP contribution in [-0.4, -0.2) is 38.5 Å². The first-order valence-corrected chi connectivity index (χ1v) is 12.1. The predicted octanol–water partition coefficient (Wildman–Crippen LogP) is 5.31. The topological polar surface area (TPSA) is 90.7 Å². The highest BCUT2D eigenvalue weighted by molar-refractivity contribution is 7.19. The molecule has 1 aromatic carbocycles. The molecule has 174 valence electrons. The lowest BCUT2D eigenvalue weighted by Crippen LogP contribution is -2.19. The molecule has 1 aliphatic rings. The van der Waals surface area contributed by atoms with Crippen molar-refractivity contribution >= 4 is 33.6 Å². The summed E-state index contributed by atoms with van der Waals surface area (Å²) in [7, 11) is 0. The van der Waals surface area contributed by atoms with Gasteiger partial charge < -0.3 is 15.3 Å². The van der Waals surface area contributed by atoms with E-state index in [0.717, 1.165) is 51.9 Å². The number of carboxylic acids is 1. The number of nitrogens with zero attached hydrogens (tertiary/aromatic N) is 1. The fraction of sp³-hybridized carbons (Fsp3) is 0.385. The third kappa shape index (κ3) is 5.00. The van der Waals surface area contributed by atoms with Gasteiger partial charge in [-0.1, -0.05) is 38.1 Å². The van der Waals surface area contributed by atoms with Gasteiger partial charge in [-0.2, -0.15) is 0 Å². The van der Waals surface area contributed by atoms with Crippen LogP contribution in [0.3, 0.4) is 0 Å². The average molecular weight is 470 g/mol. The molecule has 3 aromatic rings. The van der Waals surface area contributed by atoms with Crippen molar-refractivity contribution in [2.24, 2.45) is 0 Å². The van der Waals surface area contributed by atoms with Crippen LogP contribution in [0.1, 0.15) is 60.7 Å². The van der Waals surface area contributed by atoms with Crippen LogP contribution in [0.25, 0.3) is 27.4 Å². The van der Waals surface area contributed by atoms with Gasteiger partial charge in [0.25, 0.3) is 0 Å². The van der Waals surface area contributed by atoms with E-state index in [1.54, 1.807) is 29.5 Å². The van der Waals surface area contributed by atoms with Crippen LogP contribution in [0.2, 0.25) is 0 Å². The van der Waals surface area contributed by atoms with E-state index in [2.05, 4.69) is 13.8 Å².